The molecule has 0 aromatic heterocycles. The van der Waals surface area contributed by atoms with Crippen molar-refractivity contribution < 1.29 is 4.74 Å². The van der Waals surface area contributed by atoms with E-state index in [4.69, 9.17) is 27.5 Å². The van der Waals surface area contributed by atoms with Crippen molar-refractivity contribution in [3.05, 3.63) is 28.8 Å². The summed E-state index contributed by atoms with van der Waals surface area (Å²) in [5.74, 6) is 2.00. The Kier molecular flexibility index (Phi) is 4.35. The van der Waals surface area contributed by atoms with Crippen molar-refractivity contribution in [3.63, 3.8) is 0 Å². The maximum absolute atomic E-state index is 7.60. The first kappa shape index (κ1) is 14.2. The topological polar surface area (TPSA) is 59.1 Å². The fourth-order valence-corrected chi connectivity index (χ4v) is 3.13. The molecule has 0 spiro atoms. The number of amidine groups is 1. The second kappa shape index (κ2) is 5.83. The lowest BCUT2D eigenvalue weighted by molar-refractivity contribution is 0.101. The van der Waals surface area contributed by atoms with Crippen LogP contribution in [0.3, 0.4) is 0 Å². The van der Waals surface area contributed by atoms with Gasteiger partial charge < -0.3 is 10.5 Å². The van der Waals surface area contributed by atoms with E-state index in [1.807, 2.05) is 0 Å². The minimum atomic E-state index is 0.0172. The average molecular weight is 281 g/mol. The highest BCUT2D eigenvalue weighted by atomic mass is 35.5. The standard InChI is InChI=1S/C15H21ClN2O/c1-9-5-10(2)7-12(6-9)19-14-8-11(16)3-4-13(14)15(17)18/h3-4,8-10,12H,5-7H2,1-2H3,(H3,17,18). The smallest absolute Gasteiger partial charge is 0.132 e. The van der Waals surface area contributed by atoms with Gasteiger partial charge >= 0.3 is 0 Å². The van der Waals surface area contributed by atoms with Crippen LogP contribution in [0.5, 0.6) is 5.75 Å². The maximum atomic E-state index is 7.60. The molecule has 1 saturated carbocycles. The molecular weight excluding hydrogens is 260 g/mol. The van der Waals surface area contributed by atoms with Crippen molar-refractivity contribution in [2.75, 3.05) is 0 Å². The van der Waals surface area contributed by atoms with Crippen LogP contribution in [0, 0.1) is 17.2 Å². The number of hydrogen-bond donors (Lipinski definition) is 2. The van der Waals surface area contributed by atoms with Gasteiger partial charge in [-0.3, -0.25) is 5.41 Å². The zero-order valence-corrected chi connectivity index (χ0v) is 12.2. The van der Waals surface area contributed by atoms with E-state index in [0.29, 0.717) is 28.2 Å². The molecule has 1 aromatic rings. The predicted octanol–water partition coefficient (Wildman–Crippen LogP) is 3.83. The first-order chi connectivity index (χ1) is 8.95. The number of ether oxygens (including phenoxy) is 1. The van der Waals surface area contributed by atoms with E-state index in [9.17, 15) is 0 Å². The molecule has 0 amide bonds. The van der Waals surface area contributed by atoms with E-state index in [0.717, 1.165) is 12.8 Å². The fourth-order valence-electron chi connectivity index (χ4n) is 2.97. The second-order valence-electron chi connectivity index (χ2n) is 5.71. The number of nitrogen functional groups attached to an aromatic ring is 1. The van der Waals surface area contributed by atoms with Crippen LogP contribution in [0.15, 0.2) is 18.2 Å². The predicted molar refractivity (Wildman–Crippen MR) is 79.1 cm³/mol. The molecule has 3 nitrogen and oxygen atoms in total. The molecule has 1 aromatic carbocycles. The lowest BCUT2D eigenvalue weighted by atomic mass is 9.82. The Hall–Kier alpha value is -1.22. The van der Waals surface area contributed by atoms with E-state index < -0.39 is 0 Å². The van der Waals surface area contributed by atoms with E-state index >= 15 is 0 Å². The molecule has 104 valence electrons. The van der Waals surface area contributed by atoms with Crippen molar-refractivity contribution >= 4 is 17.4 Å². The quantitative estimate of drug-likeness (QED) is 0.653. The molecule has 0 radical (unpaired) electrons. The van der Waals surface area contributed by atoms with E-state index in [1.54, 1.807) is 18.2 Å². The molecule has 0 heterocycles. The molecule has 0 bridgehead atoms. The highest BCUT2D eigenvalue weighted by Gasteiger charge is 2.26. The zero-order valence-electron chi connectivity index (χ0n) is 11.4. The van der Waals surface area contributed by atoms with Crippen LogP contribution in [0.25, 0.3) is 0 Å². The van der Waals surface area contributed by atoms with Gasteiger partial charge in [-0.25, -0.2) is 0 Å². The van der Waals surface area contributed by atoms with Gasteiger partial charge in [-0.2, -0.15) is 0 Å². The third-order valence-corrected chi connectivity index (χ3v) is 3.90. The summed E-state index contributed by atoms with van der Waals surface area (Å²) in [6.07, 6.45) is 3.55. The summed E-state index contributed by atoms with van der Waals surface area (Å²) in [4.78, 5) is 0. The Morgan fingerprint density at radius 1 is 1.26 bits per heavy atom. The monoisotopic (exact) mass is 280 g/mol. The average Bonchev–Trinajstić information content (AvgIpc) is 2.26. The lowest BCUT2D eigenvalue weighted by Gasteiger charge is -2.32. The minimum absolute atomic E-state index is 0.0172. The number of benzene rings is 1. The van der Waals surface area contributed by atoms with Crippen LogP contribution in [0.1, 0.15) is 38.7 Å². The van der Waals surface area contributed by atoms with Crippen molar-refractivity contribution in [2.45, 2.75) is 39.2 Å². The Morgan fingerprint density at radius 2 is 1.89 bits per heavy atom. The third-order valence-electron chi connectivity index (χ3n) is 3.66. The van der Waals surface area contributed by atoms with E-state index in [1.165, 1.54) is 6.42 Å². The van der Waals surface area contributed by atoms with Gasteiger partial charge in [0.25, 0.3) is 0 Å². The van der Waals surface area contributed by atoms with Gasteiger partial charge in [-0.05, 0) is 49.3 Å². The molecule has 2 unspecified atom stereocenters. The van der Waals surface area contributed by atoms with E-state index in [-0.39, 0.29) is 11.9 Å². The molecule has 2 rings (SSSR count). The second-order valence-corrected chi connectivity index (χ2v) is 6.15. The van der Waals surface area contributed by atoms with Gasteiger partial charge in [0.2, 0.25) is 0 Å². The summed E-state index contributed by atoms with van der Waals surface area (Å²) < 4.78 is 6.06. The number of halogens is 1. The summed E-state index contributed by atoms with van der Waals surface area (Å²) in [6, 6.07) is 5.23. The molecule has 1 aliphatic rings. The molecular formula is C15H21ClN2O. The molecule has 19 heavy (non-hydrogen) atoms. The zero-order chi connectivity index (χ0) is 14.0. The summed E-state index contributed by atoms with van der Waals surface area (Å²) >= 11 is 6.01. The van der Waals surface area contributed by atoms with Crippen molar-refractivity contribution in [1.82, 2.24) is 0 Å². The number of hydrogen-bond acceptors (Lipinski definition) is 2. The largest absolute Gasteiger partial charge is 0.490 e. The number of nitrogens with two attached hydrogens (primary N) is 1. The Labute approximate surface area is 119 Å². The molecule has 2 atom stereocenters. The third kappa shape index (κ3) is 3.63. The molecule has 4 heteroatoms. The summed E-state index contributed by atoms with van der Waals surface area (Å²) in [5.41, 5.74) is 6.21. The lowest BCUT2D eigenvalue weighted by Crippen LogP contribution is -2.29. The minimum Gasteiger partial charge on any atom is -0.490 e. The Balaban J connectivity index is 2.18. The van der Waals surface area contributed by atoms with Gasteiger partial charge in [-0.1, -0.05) is 25.4 Å². The molecule has 1 aliphatic carbocycles. The van der Waals surface area contributed by atoms with Crippen molar-refractivity contribution in [3.8, 4) is 5.75 Å². The molecule has 1 fully saturated rings. The normalized spacial score (nSPS) is 27.0. The van der Waals surface area contributed by atoms with Crippen molar-refractivity contribution in [1.29, 1.82) is 5.41 Å². The summed E-state index contributed by atoms with van der Waals surface area (Å²) in [5, 5.41) is 8.21. The molecule has 3 N–H and O–H groups in total. The molecule has 0 saturated heterocycles. The van der Waals surface area contributed by atoms with Gasteiger partial charge in [-0.15, -0.1) is 0 Å². The summed E-state index contributed by atoms with van der Waals surface area (Å²) in [7, 11) is 0. The molecule has 0 aliphatic heterocycles. The van der Waals surface area contributed by atoms with Crippen LogP contribution in [0.4, 0.5) is 0 Å². The Morgan fingerprint density at radius 3 is 2.47 bits per heavy atom. The van der Waals surface area contributed by atoms with Gasteiger partial charge in [0, 0.05) is 5.02 Å². The van der Waals surface area contributed by atoms with Crippen LogP contribution in [-0.2, 0) is 0 Å². The van der Waals surface area contributed by atoms with Gasteiger partial charge in [0.15, 0.2) is 0 Å². The highest BCUT2D eigenvalue weighted by Crippen LogP contribution is 2.33. The van der Waals surface area contributed by atoms with Gasteiger partial charge in [0.05, 0.1) is 11.7 Å². The van der Waals surface area contributed by atoms with E-state index in [2.05, 4.69) is 13.8 Å². The maximum Gasteiger partial charge on any atom is 0.132 e. The van der Waals surface area contributed by atoms with Crippen LogP contribution >= 0.6 is 11.6 Å². The number of nitrogens with one attached hydrogen (secondary N) is 1. The highest BCUT2D eigenvalue weighted by molar-refractivity contribution is 6.30. The summed E-state index contributed by atoms with van der Waals surface area (Å²) in [6.45, 7) is 4.52. The van der Waals surface area contributed by atoms with Gasteiger partial charge in [0.1, 0.15) is 11.6 Å². The van der Waals surface area contributed by atoms with Crippen LogP contribution < -0.4 is 10.5 Å². The Bertz CT molecular complexity index is 465. The fraction of sp³-hybridized carbons (Fsp3) is 0.533. The first-order valence-corrected chi connectivity index (χ1v) is 7.14. The SMILES string of the molecule is CC1CC(C)CC(Oc2cc(Cl)ccc2C(=N)N)C1. The first-order valence-electron chi connectivity index (χ1n) is 6.76. The van der Waals surface area contributed by atoms with Crippen LogP contribution in [0.2, 0.25) is 5.02 Å². The van der Waals surface area contributed by atoms with Crippen molar-refractivity contribution in [2.24, 2.45) is 17.6 Å². The number of rotatable bonds is 3. The van der Waals surface area contributed by atoms with Crippen LogP contribution in [-0.4, -0.2) is 11.9 Å².